The molecule has 5 heteroatoms. The molecular weight excluding hydrogens is 237 g/mol. The van der Waals surface area contributed by atoms with Crippen LogP contribution in [-0.2, 0) is 0 Å². The highest BCUT2D eigenvalue weighted by Gasteiger charge is 1.92. The van der Waals surface area contributed by atoms with Gasteiger partial charge in [-0.3, -0.25) is 0 Å². The second kappa shape index (κ2) is 8.80. The number of aliphatic hydroxyl groups is 1. The summed E-state index contributed by atoms with van der Waals surface area (Å²) >= 11 is 5.72. The van der Waals surface area contributed by atoms with Gasteiger partial charge in [-0.05, 0) is 24.3 Å². The molecule has 0 saturated heterocycles. The van der Waals surface area contributed by atoms with Crippen LogP contribution in [0.3, 0.4) is 0 Å². The van der Waals surface area contributed by atoms with Crippen molar-refractivity contribution in [3.05, 3.63) is 29.3 Å². The summed E-state index contributed by atoms with van der Waals surface area (Å²) in [6.45, 7) is 2.07. The largest absolute Gasteiger partial charge is 0.492 e. The summed E-state index contributed by atoms with van der Waals surface area (Å²) < 4.78 is 5.40. The van der Waals surface area contributed by atoms with Gasteiger partial charge in [-0.15, -0.1) is 12.4 Å². The molecule has 0 atom stereocenters. The highest BCUT2D eigenvalue weighted by atomic mass is 35.5. The van der Waals surface area contributed by atoms with E-state index in [1.165, 1.54) is 0 Å². The summed E-state index contributed by atoms with van der Waals surface area (Å²) in [7, 11) is 0. The Morgan fingerprint density at radius 1 is 1.20 bits per heavy atom. The van der Waals surface area contributed by atoms with E-state index >= 15 is 0 Å². The van der Waals surface area contributed by atoms with Crippen molar-refractivity contribution >= 4 is 24.0 Å². The van der Waals surface area contributed by atoms with E-state index in [2.05, 4.69) is 5.32 Å². The van der Waals surface area contributed by atoms with Crippen molar-refractivity contribution in [2.24, 2.45) is 0 Å². The molecule has 1 rings (SSSR count). The lowest BCUT2D eigenvalue weighted by molar-refractivity contribution is 0.276. The van der Waals surface area contributed by atoms with Gasteiger partial charge in [0, 0.05) is 18.1 Å². The quantitative estimate of drug-likeness (QED) is 0.757. The summed E-state index contributed by atoms with van der Waals surface area (Å²) in [5.41, 5.74) is 0. The first-order valence-electron chi connectivity index (χ1n) is 4.53. The van der Waals surface area contributed by atoms with Crippen LogP contribution in [0.15, 0.2) is 24.3 Å². The molecule has 3 nitrogen and oxygen atoms in total. The molecule has 0 aliphatic carbocycles. The lowest BCUT2D eigenvalue weighted by Gasteiger charge is -2.06. The van der Waals surface area contributed by atoms with Crippen LogP contribution in [0.25, 0.3) is 0 Å². The summed E-state index contributed by atoms with van der Waals surface area (Å²) in [5, 5.41) is 12.2. The first-order valence-corrected chi connectivity index (χ1v) is 4.90. The number of ether oxygens (including phenoxy) is 1. The molecule has 0 fully saturated rings. The number of rotatable bonds is 6. The Morgan fingerprint density at radius 3 is 2.47 bits per heavy atom. The van der Waals surface area contributed by atoms with Crippen molar-refractivity contribution in [2.75, 3.05) is 26.3 Å². The zero-order valence-electron chi connectivity index (χ0n) is 8.28. The number of nitrogens with one attached hydrogen (secondary N) is 1. The van der Waals surface area contributed by atoms with Crippen molar-refractivity contribution < 1.29 is 9.84 Å². The number of hydrogen-bond acceptors (Lipinski definition) is 3. The maximum atomic E-state index is 8.50. The second-order valence-electron chi connectivity index (χ2n) is 2.78. The summed E-state index contributed by atoms with van der Waals surface area (Å²) in [6, 6.07) is 7.23. The van der Waals surface area contributed by atoms with Gasteiger partial charge in [0.05, 0.1) is 6.61 Å². The van der Waals surface area contributed by atoms with Crippen LogP contribution in [-0.4, -0.2) is 31.4 Å². The van der Waals surface area contributed by atoms with Crippen LogP contribution in [0.4, 0.5) is 0 Å². The molecule has 0 unspecified atom stereocenters. The SMILES string of the molecule is Cl.OCCNCCOc1ccc(Cl)cc1. The Hall–Kier alpha value is -0.480. The lowest BCUT2D eigenvalue weighted by atomic mass is 10.3. The van der Waals surface area contributed by atoms with Crippen LogP contribution in [0, 0.1) is 0 Å². The predicted molar refractivity (Wildman–Crippen MR) is 64.2 cm³/mol. The van der Waals surface area contributed by atoms with Gasteiger partial charge in [0.15, 0.2) is 0 Å². The zero-order valence-corrected chi connectivity index (χ0v) is 9.85. The smallest absolute Gasteiger partial charge is 0.119 e. The first kappa shape index (κ1) is 14.5. The molecule has 0 spiro atoms. The average Bonchev–Trinajstić information content (AvgIpc) is 2.21. The highest BCUT2D eigenvalue weighted by molar-refractivity contribution is 6.30. The molecule has 1 aromatic carbocycles. The minimum Gasteiger partial charge on any atom is -0.492 e. The van der Waals surface area contributed by atoms with Gasteiger partial charge in [-0.2, -0.15) is 0 Å². The van der Waals surface area contributed by atoms with E-state index in [9.17, 15) is 0 Å². The molecule has 0 aliphatic heterocycles. The molecule has 0 aliphatic rings. The van der Waals surface area contributed by atoms with Crippen molar-refractivity contribution in [3.8, 4) is 5.75 Å². The molecule has 0 saturated carbocycles. The molecule has 86 valence electrons. The third kappa shape index (κ3) is 6.57. The minimum absolute atomic E-state index is 0. The fourth-order valence-electron chi connectivity index (χ4n) is 0.976. The van der Waals surface area contributed by atoms with Crippen LogP contribution < -0.4 is 10.1 Å². The Bertz CT molecular complexity index is 254. The monoisotopic (exact) mass is 251 g/mol. The number of halogens is 2. The van der Waals surface area contributed by atoms with Gasteiger partial charge in [0.1, 0.15) is 12.4 Å². The molecule has 1 aromatic rings. The number of benzene rings is 1. The Balaban J connectivity index is 0.00000196. The van der Waals surface area contributed by atoms with Crippen LogP contribution in [0.1, 0.15) is 0 Å². The van der Waals surface area contributed by atoms with E-state index < -0.39 is 0 Å². The van der Waals surface area contributed by atoms with Crippen molar-refractivity contribution in [2.45, 2.75) is 0 Å². The first-order chi connectivity index (χ1) is 6.83. The third-order valence-corrected chi connectivity index (χ3v) is 1.90. The normalized spacial score (nSPS) is 9.47. The Kier molecular flexibility index (Phi) is 8.52. The van der Waals surface area contributed by atoms with E-state index in [1.807, 2.05) is 12.1 Å². The van der Waals surface area contributed by atoms with Gasteiger partial charge in [0.2, 0.25) is 0 Å². The minimum atomic E-state index is 0. The van der Waals surface area contributed by atoms with Gasteiger partial charge in [-0.25, -0.2) is 0 Å². The Morgan fingerprint density at radius 2 is 1.87 bits per heavy atom. The lowest BCUT2D eigenvalue weighted by Crippen LogP contribution is -2.23. The van der Waals surface area contributed by atoms with E-state index in [4.69, 9.17) is 21.4 Å². The van der Waals surface area contributed by atoms with Gasteiger partial charge >= 0.3 is 0 Å². The van der Waals surface area contributed by atoms with E-state index in [0.29, 0.717) is 18.2 Å². The molecule has 2 N–H and O–H groups in total. The summed E-state index contributed by atoms with van der Waals surface area (Å²) in [5.74, 6) is 0.806. The maximum Gasteiger partial charge on any atom is 0.119 e. The van der Waals surface area contributed by atoms with Gasteiger partial charge < -0.3 is 15.2 Å². The molecule has 0 radical (unpaired) electrons. The summed E-state index contributed by atoms with van der Waals surface area (Å²) in [4.78, 5) is 0. The van der Waals surface area contributed by atoms with Crippen molar-refractivity contribution in [1.82, 2.24) is 5.32 Å². The Labute approximate surface area is 101 Å². The highest BCUT2D eigenvalue weighted by Crippen LogP contribution is 2.14. The summed E-state index contributed by atoms with van der Waals surface area (Å²) in [6.07, 6.45) is 0. The maximum absolute atomic E-state index is 8.50. The van der Waals surface area contributed by atoms with E-state index in [-0.39, 0.29) is 19.0 Å². The molecule has 0 amide bonds. The number of hydrogen-bond donors (Lipinski definition) is 2. The molecule has 0 aromatic heterocycles. The van der Waals surface area contributed by atoms with Gasteiger partial charge in [-0.1, -0.05) is 11.6 Å². The van der Waals surface area contributed by atoms with E-state index in [0.717, 1.165) is 12.3 Å². The molecule has 0 bridgehead atoms. The molecular formula is C10H15Cl2NO2. The van der Waals surface area contributed by atoms with Crippen molar-refractivity contribution in [3.63, 3.8) is 0 Å². The van der Waals surface area contributed by atoms with Crippen molar-refractivity contribution in [1.29, 1.82) is 0 Å². The zero-order chi connectivity index (χ0) is 10.2. The fraction of sp³-hybridized carbons (Fsp3) is 0.400. The van der Waals surface area contributed by atoms with Crippen LogP contribution in [0.5, 0.6) is 5.75 Å². The van der Waals surface area contributed by atoms with Gasteiger partial charge in [0.25, 0.3) is 0 Å². The number of aliphatic hydroxyl groups excluding tert-OH is 1. The topological polar surface area (TPSA) is 41.5 Å². The van der Waals surface area contributed by atoms with Crippen LogP contribution in [0.2, 0.25) is 5.02 Å². The second-order valence-corrected chi connectivity index (χ2v) is 3.21. The molecule has 15 heavy (non-hydrogen) atoms. The van der Waals surface area contributed by atoms with E-state index in [1.54, 1.807) is 12.1 Å². The molecule has 0 heterocycles. The standard InChI is InChI=1S/C10H14ClNO2.ClH/c11-9-1-3-10(4-2-9)14-8-6-12-5-7-13;/h1-4,12-13H,5-8H2;1H. The third-order valence-electron chi connectivity index (χ3n) is 1.65. The predicted octanol–water partition coefficient (Wildman–Crippen LogP) is 1.72. The average molecular weight is 252 g/mol. The fourth-order valence-corrected chi connectivity index (χ4v) is 1.10. The van der Waals surface area contributed by atoms with Crippen LogP contribution >= 0.6 is 24.0 Å².